The highest BCUT2D eigenvalue weighted by molar-refractivity contribution is 5.73. The summed E-state index contributed by atoms with van der Waals surface area (Å²) in [5.41, 5.74) is 3.59. The number of benzene rings is 2. The van der Waals surface area contributed by atoms with Crippen LogP contribution in [0.3, 0.4) is 0 Å². The van der Waals surface area contributed by atoms with Crippen LogP contribution in [0.1, 0.15) is 76.3 Å². The van der Waals surface area contributed by atoms with Crippen molar-refractivity contribution < 1.29 is 18.7 Å². The molecule has 1 saturated carbocycles. The van der Waals surface area contributed by atoms with E-state index in [9.17, 15) is 18.7 Å². The molecule has 0 aliphatic heterocycles. The first-order valence-corrected chi connectivity index (χ1v) is 12.0. The SMILES string of the molecule is CC(C)CN(c1ccc(C(C)CC(=O)O)cc1NCc1ccc(F)c(F)c1)C1CCCCC1. The number of carboxylic acid groups (broad SMARTS) is 1. The molecule has 1 atom stereocenters. The Bertz CT molecular complexity index is 942. The summed E-state index contributed by atoms with van der Waals surface area (Å²) in [5.74, 6) is -2.19. The first kappa shape index (κ1) is 25.0. The van der Waals surface area contributed by atoms with Gasteiger partial charge in [-0.15, -0.1) is 0 Å². The van der Waals surface area contributed by atoms with Gasteiger partial charge in [0.1, 0.15) is 0 Å². The Morgan fingerprint density at radius 3 is 2.42 bits per heavy atom. The van der Waals surface area contributed by atoms with E-state index in [0.29, 0.717) is 24.1 Å². The Morgan fingerprint density at radius 1 is 1.06 bits per heavy atom. The predicted octanol–water partition coefficient (Wildman–Crippen LogP) is 6.95. The van der Waals surface area contributed by atoms with Crippen LogP contribution in [0, 0.1) is 17.6 Å². The third-order valence-electron chi connectivity index (χ3n) is 6.42. The Labute approximate surface area is 196 Å². The van der Waals surface area contributed by atoms with E-state index in [4.69, 9.17) is 0 Å². The molecule has 1 aliphatic rings. The van der Waals surface area contributed by atoms with Crippen LogP contribution in [0.2, 0.25) is 0 Å². The summed E-state index contributed by atoms with van der Waals surface area (Å²) < 4.78 is 27.1. The molecule has 0 aromatic heterocycles. The molecule has 0 heterocycles. The van der Waals surface area contributed by atoms with Gasteiger partial charge in [0.05, 0.1) is 17.8 Å². The summed E-state index contributed by atoms with van der Waals surface area (Å²) in [6.07, 6.45) is 6.10. The fraction of sp³-hybridized carbons (Fsp3) is 0.519. The third-order valence-corrected chi connectivity index (χ3v) is 6.42. The number of hydrogen-bond donors (Lipinski definition) is 2. The minimum atomic E-state index is -0.859. The molecule has 6 heteroatoms. The van der Waals surface area contributed by atoms with E-state index in [2.05, 4.69) is 30.1 Å². The van der Waals surface area contributed by atoms with Crippen LogP contribution in [0.5, 0.6) is 0 Å². The van der Waals surface area contributed by atoms with Gasteiger partial charge in [-0.3, -0.25) is 4.79 Å². The minimum Gasteiger partial charge on any atom is -0.481 e. The fourth-order valence-electron chi connectivity index (χ4n) is 4.71. The lowest BCUT2D eigenvalue weighted by Gasteiger charge is -2.38. The van der Waals surface area contributed by atoms with Gasteiger partial charge in [0.2, 0.25) is 0 Å². The maximum Gasteiger partial charge on any atom is 0.303 e. The summed E-state index contributed by atoms with van der Waals surface area (Å²) >= 11 is 0. The summed E-state index contributed by atoms with van der Waals surface area (Å²) in [4.78, 5) is 13.7. The lowest BCUT2D eigenvalue weighted by atomic mass is 9.92. The quantitative estimate of drug-likeness (QED) is 0.404. The number of nitrogens with one attached hydrogen (secondary N) is 1. The Morgan fingerprint density at radius 2 is 1.79 bits per heavy atom. The van der Waals surface area contributed by atoms with Crippen molar-refractivity contribution in [3.8, 4) is 0 Å². The van der Waals surface area contributed by atoms with Gasteiger partial charge in [-0.05, 0) is 60.1 Å². The zero-order valence-corrected chi connectivity index (χ0v) is 19.9. The number of rotatable bonds is 10. The van der Waals surface area contributed by atoms with Crippen LogP contribution >= 0.6 is 0 Å². The zero-order valence-electron chi connectivity index (χ0n) is 19.9. The molecule has 0 radical (unpaired) electrons. The summed E-state index contributed by atoms with van der Waals surface area (Å²) in [5, 5.41) is 12.7. The van der Waals surface area contributed by atoms with Crippen LogP contribution in [0.25, 0.3) is 0 Å². The number of anilines is 2. The molecule has 0 saturated heterocycles. The minimum absolute atomic E-state index is 0.0558. The van der Waals surface area contributed by atoms with Crippen LogP contribution < -0.4 is 10.2 Å². The molecule has 1 fully saturated rings. The predicted molar refractivity (Wildman–Crippen MR) is 130 cm³/mol. The average molecular weight is 459 g/mol. The van der Waals surface area contributed by atoms with Gasteiger partial charge >= 0.3 is 5.97 Å². The van der Waals surface area contributed by atoms with Gasteiger partial charge in [0.15, 0.2) is 11.6 Å². The molecule has 2 aromatic rings. The van der Waals surface area contributed by atoms with Crippen molar-refractivity contribution in [1.29, 1.82) is 0 Å². The highest BCUT2D eigenvalue weighted by Gasteiger charge is 2.25. The first-order chi connectivity index (χ1) is 15.7. The molecule has 180 valence electrons. The molecule has 2 aromatic carbocycles. The molecule has 0 bridgehead atoms. The van der Waals surface area contributed by atoms with Crippen LogP contribution in [0.4, 0.5) is 20.2 Å². The second kappa shape index (κ2) is 11.5. The van der Waals surface area contributed by atoms with Gasteiger partial charge in [0, 0.05) is 19.1 Å². The molecule has 4 nitrogen and oxygen atoms in total. The van der Waals surface area contributed by atoms with E-state index in [-0.39, 0.29) is 12.3 Å². The van der Waals surface area contributed by atoms with Gasteiger partial charge < -0.3 is 15.3 Å². The van der Waals surface area contributed by atoms with Gasteiger partial charge in [-0.1, -0.05) is 52.2 Å². The lowest BCUT2D eigenvalue weighted by molar-refractivity contribution is -0.137. The van der Waals surface area contributed by atoms with Crippen LogP contribution in [-0.4, -0.2) is 23.7 Å². The molecule has 0 spiro atoms. The number of nitrogens with zero attached hydrogens (tertiary/aromatic N) is 1. The maximum absolute atomic E-state index is 13.7. The summed E-state index contributed by atoms with van der Waals surface area (Å²) in [6, 6.07) is 10.6. The molecule has 33 heavy (non-hydrogen) atoms. The number of carbonyl (C=O) groups is 1. The van der Waals surface area contributed by atoms with Gasteiger partial charge in [0.25, 0.3) is 0 Å². The smallest absolute Gasteiger partial charge is 0.303 e. The molecule has 1 aliphatic carbocycles. The van der Waals surface area contributed by atoms with E-state index in [1.165, 1.54) is 25.3 Å². The summed E-state index contributed by atoms with van der Waals surface area (Å²) in [7, 11) is 0. The Hall–Kier alpha value is -2.63. The van der Waals surface area contributed by atoms with Crippen LogP contribution in [0.15, 0.2) is 36.4 Å². The number of hydrogen-bond acceptors (Lipinski definition) is 3. The second-order valence-corrected chi connectivity index (χ2v) is 9.72. The highest BCUT2D eigenvalue weighted by atomic mass is 19.2. The third kappa shape index (κ3) is 6.92. The van der Waals surface area contributed by atoms with Crippen molar-refractivity contribution in [2.24, 2.45) is 5.92 Å². The standard InChI is InChI=1S/C27H36F2N2O2/c1-18(2)17-31(22-7-5-4-6-8-22)26-12-10-21(19(3)13-27(32)33)15-25(26)30-16-20-9-11-23(28)24(29)14-20/h9-12,14-15,18-19,22,30H,4-8,13,16-17H2,1-3H3,(H,32,33). The van der Waals surface area contributed by atoms with Crippen LogP contribution in [-0.2, 0) is 11.3 Å². The van der Waals surface area contributed by atoms with Crippen molar-refractivity contribution in [2.45, 2.75) is 77.8 Å². The molecular weight excluding hydrogens is 422 g/mol. The van der Waals surface area contributed by atoms with Crippen molar-refractivity contribution >= 4 is 17.3 Å². The highest BCUT2D eigenvalue weighted by Crippen LogP contribution is 2.36. The molecule has 0 amide bonds. The Kier molecular flexibility index (Phi) is 8.70. The molecular formula is C27H36F2N2O2. The summed E-state index contributed by atoms with van der Waals surface area (Å²) in [6.45, 7) is 7.62. The van der Waals surface area contributed by atoms with E-state index in [0.717, 1.165) is 42.4 Å². The monoisotopic (exact) mass is 458 g/mol. The van der Waals surface area contributed by atoms with Crippen molar-refractivity contribution in [3.63, 3.8) is 0 Å². The van der Waals surface area contributed by atoms with E-state index in [1.54, 1.807) is 6.07 Å². The number of halogens is 2. The van der Waals surface area contributed by atoms with E-state index >= 15 is 0 Å². The van der Waals surface area contributed by atoms with Gasteiger partial charge in [-0.2, -0.15) is 0 Å². The number of aliphatic carboxylic acids is 1. The largest absolute Gasteiger partial charge is 0.481 e. The topological polar surface area (TPSA) is 52.6 Å². The fourth-order valence-corrected chi connectivity index (χ4v) is 4.71. The van der Waals surface area contributed by atoms with E-state index in [1.807, 2.05) is 19.1 Å². The van der Waals surface area contributed by atoms with Crippen molar-refractivity contribution in [1.82, 2.24) is 0 Å². The second-order valence-electron chi connectivity index (χ2n) is 9.72. The average Bonchev–Trinajstić information content (AvgIpc) is 2.78. The Balaban J connectivity index is 1.95. The maximum atomic E-state index is 13.7. The van der Waals surface area contributed by atoms with Gasteiger partial charge in [-0.25, -0.2) is 8.78 Å². The zero-order chi connectivity index (χ0) is 24.0. The van der Waals surface area contributed by atoms with E-state index < -0.39 is 17.6 Å². The molecule has 2 N–H and O–H groups in total. The molecule has 1 unspecified atom stereocenters. The van der Waals surface area contributed by atoms with Crippen molar-refractivity contribution in [2.75, 3.05) is 16.8 Å². The lowest BCUT2D eigenvalue weighted by Crippen LogP contribution is -2.39. The number of carboxylic acids is 1. The molecule has 3 rings (SSSR count). The normalized spacial score (nSPS) is 15.5. The first-order valence-electron chi connectivity index (χ1n) is 12.0. The van der Waals surface area contributed by atoms with Crippen molar-refractivity contribution in [3.05, 3.63) is 59.2 Å².